The molecule has 6 nitrogen and oxygen atoms in total. The lowest BCUT2D eigenvalue weighted by Gasteiger charge is -2.14. The molecular weight excluding hydrogens is 433 g/mol. The average molecular weight is 457 g/mol. The Morgan fingerprint density at radius 2 is 1.68 bits per heavy atom. The Bertz CT molecular complexity index is 678. The van der Waals surface area contributed by atoms with Crippen LogP contribution >= 0.6 is 24.0 Å². The number of aliphatic imine (C=N–C) groups is 1. The lowest BCUT2D eigenvalue weighted by Crippen LogP contribution is -2.25. The molecule has 0 aliphatic heterocycles. The zero-order valence-corrected chi connectivity index (χ0v) is 16.9. The average Bonchev–Trinajstić information content (AvgIpc) is 2.61. The van der Waals surface area contributed by atoms with E-state index in [0.717, 1.165) is 22.9 Å². The number of anilines is 1. The van der Waals surface area contributed by atoms with Crippen LogP contribution < -0.4 is 25.3 Å². The number of hydrogen-bond acceptors (Lipinski definition) is 4. The molecule has 1 unspecified atom stereocenters. The maximum atomic E-state index is 5.90. The highest BCUT2D eigenvalue weighted by Gasteiger charge is 2.04. The van der Waals surface area contributed by atoms with Crippen LogP contribution in [0.5, 0.6) is 17.2 Å². The van der Waals surface area contributed by atoms with Crippen LogP contribution in [0.1, 0.15) is 6.92 Å². The number of nitrogens with one attached hydrogen (secondary N) is 1. The summed E-state index contributed by atoms with van der Waals surface area (Å²) in [5.41, 5.74) is 6.72. The van der Waals surface area contributed by atoms with Crippen molar-refractivity contribution in [2.75, 3.05) is 26.1 Å². The van der Waals surface area contributed by atoms with Crippen molar-refractivity contribution in [2.24, 2.45) is 10.7 Å². The van der Waals surface area contributed by atoms with Gasteiger partial charge in [-0.3, -0.25) is 0 Å². The zero-order chi connectivity index (χ0) is 17.4. The molecule has 0 radical (unpaired) electrons. The Balaban J connectivity index is 0.00000312. The fourth-order valence-corrected chi connectivity index (χ4v) is 2.04. The summed E-state index contributed by atoms with van der Waals surface area (Å²) in [5, 5.41) is 3.03. The Morgan fingerprint density at radius 1 is 1.04 bits per heavy atom. The molecule has 0 heterocycles. The predicted octanol–water partition coefficient (Wildman–Crippen LogP) is 3.52. The Hall–Kier alpha value is -2.16. The number of guanidine groups is 1. The number of nitrogens with zero attached hydrogens (tertiary/aromatic N) is 1. The van der Waals surface area contributed by atoms with Crippen LogP contribution in [-0.2, 0) is 0 Å². The van der Waals surface area contributed by atoms with Gasteiger partial charge in [0.1, 0.15) is 23.4 Å². The quantitative estimate of drug-likeness (QED) is 0.378. The predicted molar refractivity (Wildman–Crippen MR) is 112 cm³/mol. The maximum absolute atomic E-state index is 5.90. The first-order valence-electron chi connectivity index (χ1n) is 7.62. The van der Waals surface area contributed by atoms with E-state index in [4.69, 9.17) is 19.9 Å². The second kappa shape index (κ2) is 10.7. The highest BCUT2D eigenvalue weighted by molar-refractivity contribution is 14.0. The van der Waals surface area contributed by atoms with E-state index in [-0.39, 0.29) is 30.1 Å². The lowest BCUT2D eigenvalue weighted by molar-refractivity contribution is 0.230. The Morgan fingerprint density at radius 3 is 2.32 bits per heavy atom. The molecule has 2 aromatic rings. The van der Waals surface area contributed by atoms with Gasteiger partial charge in [0.15, 0.2) is 5.96 Å². The third kappa shape index (κ3) is 7.08. The molecule has 0 aromatic heterocycles. The first-order chi connectivity index (χ1) is 11.6. The highest BCUT2D eigenvalue weighted by Crippen LogP contribution is 2.18. The molecule has 2 rings (SSSR count). The second-order valence-corrected chi connectivity index (χ2v) is 5.19. The molecule has 2 aromatic carbocycles. The summed E-state index contributed by atoms with van der Waals surface area (Å²) >= 11 is 0. The number of rotatable bonds is 7. The number of nitrogens with two attached hydrogens (primary N) is 1. The summed E-state index contributed by atoms with van der Waals surface area (Å²) in [7, 11) is 3.25. The Kier molecular flexibility index (Phi) is 8.90. The number of ether oxygens (including phenoxy) is 3. The van der Waals surface area contributed by atoms with E-state index in [1.165, 1.54) is 0 Å². The fourth-order valence-electron chi connectivity index (χ4n) is 2.04. The molecule has 1 atom stereocenters. The van der Waals surface area contributed by atoms with Gasteiger partial charge in [0.25, 0.3) is 0 Å². The van der Waals surface area contributed by atoms with Crippen LogP contribution in [0.4, 0.5) is 5.69 Å². The van der Waals surface area contributed by atoms with Crippen molar-refractivity contribution in [3.63, 3.8) is 0 Å². The van der Waals surface area contributed by atoms with E-state index in [1.54, 1.807) is 14.2 Å². The number of methoxy groups -OCH3 is 2. The largest absolute Gasteiger partial charge is 0.497 e. The van der Waals surface area contributed by atoms with E-state index in [2.05, 4.69) is 10.3 Å². The van der Waals surface area contributed by atoms with Crippen molar-refractivity contribution >= 4 is 35.6 Å². The summed E-state index contributed by atoms with van der Waals surface area (Å²) < 4.78 is 16.1. The smallest absolute Gasteiger partial charge is 0.193 e. The molecule has 136 valence electrons. The molecule has 0 spiro atoms. The van der Waals surface area contributed by atoms with Crippen LogP contribution in [0.3, 0.4) is 0 Å². The molecule has 25 heavy (non-hydrogen) atoms. The van der Waals surface area contributed by atoms with Gasteiger partial charge in [-0.1, -0.05) is 6.07 Å². The van der Waals surface area contributed by atoms with E-state index in [0.29, 0.717) is 12.5 Å². The Labute approximate surface area is 165 Å². The molecule has 0 amide bonds. The molecular formula is C18H24IN3O3. The van der Waals surface area contributed by atoms with Crippen molar-refractivity contribution in [1.29, 1.82) is 0 Å². The second-order valence-electron chi connectivity index (χ2n) is 5.19. The molecule has 0 bridgehead atoms. The molecule has 3 N–H and O–H groups in total. The number of halogens is 1. The van der Waals surface area contributed by atoms with Crippen LogP contribution in [0.15, 0.2) is 53.5 Å². The summed E-state index contributed by atoms with van der Waals surface area (Å²) in [6.07, 6.45) is -0.107. The third-order valence-corrected chi connectivity index (χ3v) is 3.26. The van der Waals surface area contributed by atoms with Gasteiger partial charge in [0, 0.05) is 11.8 Å². The van der Waals surface area contributed by atoms with E-state index >= 15 is 0 Å². The topological polar surface area (TPSA) is 78.1 Å². The van der Waals surface area contributed by atoms with Crippen LogP contribution in [0.25, 0.3) is 0 Å². The van der Waals surface area contributed by atoms with Gasteiger partial charge in [0.2, 0.25) is 0 Å². The molecule has 0 aliphatic carbocycles. The SMILES string of the molecule is COc1ccc(OC(C)CN=C(N)Nc2cccc(OC)c2)cc1.I. The van der Waals surface area contributed by atoms with Crippen LogP contribution in [0.2, 0.25) is 0 Å². The highest BCUT2D eigenvalue weighted by atomic mass is 127. The van der Waals surface area contributed by atoms with Gasteiger partial charge < -0.3 is 25.3 Å². The molecule has 0 fully saturated rings. The van der Waals surface area contributed by atoms with E-state index in [1.807, 2.05) is 55.5 Å². The number of benzene rings is 2. The van der Waals surface area contributed by atoms with Gasteiger partial charge in [-0.05, 0) is 43.3 Å². The standard InChI is InChI=1S/C18H23N3O3.HI/c1-13(24-16-9-7-15(22-2)8-10-16)12-20-18(19)21-14-5-4-6-17(11-14)23-3;/h4-11,13H,12H2,1-3H3,(H3,19,20,21);1H. The summed E-state index contributed by atoms with van der Waals surface area (Å²) in [4.78, 5) is 4.30. The molecule has 0 saturated carbocycles. The lowest BCUT2D eigenvalue weighted by atomic mass is 10.3. The van der Waals surface area contributed by atoms with Crippen molar-refractivity contribution in [2.45, 2.75) is 13.0 Å². The van der Waals surface area contributed by atoms with E-state index in [9.17, 15) is 0 Å². The van der Waals surface area contributed by atoms with Gasteiger partial charge >= 0.3 is 0 Å². The summed E-state index contributed by atoms with van der Waals surface area (Å²) in [5.74, 6) is 2.63. The van der Waals surface area contributed by atoms with Crippen LogP contribution in [0, 0.1) is 0 Å². The van der Waals surface area contributed by atoms with Crippen molar-refractivity contribution in [3.8, 4) is 17.2 Å². The van der Waals surface area contributed by atoms with Gasteiger partial charge in [0.05, 0.1) is 20.8 Å². The van der Waals surface area contributed by atoms with Crippen molar-refractivity contribution in [1.82, 2.24) is 0 Å². The van der Waals surface area contributed by atoms with Crippen molar-refractivity contribution in [3.05, 3.63) is 48.5 Å². The third-order valence-electron chi connectivity index (χ3n) is 3.26. The normalized spacial score (nSPS) is 11.9. The van der Waals surface area contributed by atoms with Crippen molar-refractivity contribution < 1.29 is 14.2 Å². The van der Waals surface area contributed by atoms with Gasteiger partial charge in [-0.15, -0.1) is 24.0 Å². The fraction of sp³-hybridized carbons (Fsp3) is 0.278. The van der Waals surface area contributed by atoms with E-state index < -0.39 is 0 Å². The maximum Gasteiger partial charge on any atom is 0.193 e. The first-order valence-corrected chi connectivity index (χ1v) is 7.62. The minimum Gasteiger partial charge on any atom is -0.497 e. The summed E-state index contributed by atoms with van der Waals surface area (Å²) in [6, 6.07) is 14.9. The van der Waals surface area contributed by atoms with Gasteiger partial charge in [-0.2, -0.15) is 0 Å². The van der Waals surface area contributed by atoms with Crippen LogP contribution in [-0.4, -0.2) is 32.8 Å². The minimum absolute atomic E-state index is 0. The monoisotopic (exact) mass is 457 g/mol. The van der Waals surface area contributed by atoms with Gasteiger partial charge in [-0.25, -0.2) is 4.99 Å². The zero-order valence-electron chi connectivity index (χ0n) is 14.6. The molecule has 7 heteroatoms. The molecule has 0 aliphatic rings. The summed E-state index contributed by atoms with van der Waals surface area (Å²) in [6.45, 7) is 2.38. The first kappa shape index (κ1) is 20.9. The minimum atomic E-state index is -0.107. The number of hydrogen-bond donors (Lipinski definition) is 2. The molecule has 0 saturated heterocycles.